The summed E-state index contributed by atoms with van der Waals surface area (Å²) in [5, 5.41) is 21.9. The highest BCUT2D eigenvalue weighted by atomic mass is 28.4. The Morgan fingerprint density at radius 1 is 0.506 bits per heavy atom. The molecule has 0 saturated heterocycles. The van der Waals surface area contributed by atoms with Gasteiger partial charge < -0.3 is 14.6 Å². The first-order chi connectivity index (χ1) is 36.4. The molecular formula is C50H30F12N4O12Si. The largest absolute Gasteiger partial charge is 0.505 e. The molecular weight excluding hydrogens is 1100 g/mol. The van der Waals surface area contributed by atoms with Crippen molar-refractivity contribution in [3.8, 4) is 5.75 Å². The maximum Gasteiger partial charge on any atom is 0.411 e. The molecule has 4 aliphatic heterocycles. The molecule has 5 aromatic rings. The molecule has 4 heterocycles. The molecule has 0 fully saturated rings. The highest BCUT2D eigenvalue weighted by Gasteiger charge is 2.74. The molecule has 0 unspecified atom stereocenters. The first-order valence-corrected chi connectivity index (χ1v) is 25.6. The number of aromatic carboxylic acids is 1. The summed E-state index contributed by atoms with van der Waals surface area (Å²) in [6, 6.07) is 5.35. The molecule has 0 spiro atoms. The first kappa shape index (κ1) is 55.0. The number of hydrogen-bond donors (Lipinski definition) is 3. The quantitative estimate of drug-likeness (QED) is 0.0643. The van der Waals surface area contributed by atoms with Crippen LogP contribution in [0.25, 0.3) is 0 Å². The zero-order valence-corrected chi connectivity index (χ0v) is 40.9. The van der Waals surface area contributed by atoms with Crippen LogP contribution in [0.2, 0.25) is 13.1 Å². The van der Waals surface area contributed by atoms with Crippen molar-refractivity contribution in [3.63, 3.8) is 0 Å². The van der Waals surface area contributed by atoms with Crippen LogP contribution in [0.1, 0.15) is 121 Å². The van der Waals surface area contributed by atoms with Crippen LogP contribution in [-0.2, 0) is 15.3 Å². The number of imide groups is 4. The fourth-order valence-corrected chi connectivity index (χ4v) is 11.7. The number of aromatic hydroxyl groups is 1. The number of benzene rings is 5. The van der Waals surface area contributed by atoms with Gasteiger partial charge in [0.2, 0.25) is 19.1 Å². The standard InChI is InChI=1S/C50H30F12N4O12Si/c1-20-12-21(44(76)77)13-34(35(20)67)66-42(74)29-11-7-25(17-33(29)43(66)75)46(49(57,58)59,50(60,61)62)23-5-9-27-31(15-23)40(72)64(38(27)70)18-78-79(2,3)19-65-39(71)28-10-6-24(16-32(28)41(65)73)45(47(51,52)53,48(54,55)56)22-4-8-26-30(14-22)37(69)63-36(26)68/h4-17,67H,18-19H2,1-3H3,(H,76,77)(H,63,68,69). The van der Waals surface area contributed by atoms with E-state index in [9.17, 15) is 53.4 Å². The predicted molar refractivity (Wildman–Crippen MR) is 244 cm³/mol. The van der Waals surface area contributed by atoms with Gasteiger partial charge in [0.1, 0.15) is 12.5 Å². The number of carboxylic acid groups (broad SMARTS) is 1. The van der Waals surface area contributed by atoms with Gasteiger partial charge in [-0.15, -0.1) is 0 Å². The number of alkyl halides is 12. The van der Waals surface area contributed by atoms with Gasteiger partial charge in [0.15, 0.2) is 0 Å². The van der Waals surface area contributed by atoms with Gasteiger partial charge in [-0.3, -0.25) is 53.5 Å². The number of carbonyl (C=O) groups excluding carboxylic acids is 8. The summed E-state index contributed by atoms with van der Waals surface area (Å²) in [4.78, 5) is 119. The van der Waals surface area contributed by atoms with Crippen LogP contribution in [0.4, 0.5) is 58.4 Å². The van der Waals surface area contributed by atoms with E-state index in [2.05, 4.69) is 0 Å². The molecule has 9 rings (SSSR count). The van der Waals surface area contributed by atoms with Crippen molar-refractivity contribution in [2.45, 2.75) is 55.6 Å². The van der Waals surface area contributed by atoms with Gasteiger partial charge in [-0.25, -0.2) is 9.69 Å². The Morgan fingerprint density at radius 3 is 1.30 bits per heavy atom. The number of phenolic OH excluding ortho intramolecular Hbond substituents is 1. The van der Waals surface area contributed by atoms with Crippen molar-refractivity contribution in [3.05, 3.63) is 163 Å². The minimum absolute atomic E-state index is 0.113. The van der Waals surface area contributed by atoms with E-state index in [1.807, 2.05) is 0 Å². The van der Waals surface area contributed by atoms with Gasteiger partial charge in [-0.1, -0.05) is 24.3 Å². The Morgan fingerprint density at radius 2 is 0.861 bits per heavy atom. The summed E-state index contributed by atoms with van der Waals surface area (Å²) in [7, 11) is -3.78. The summed E-state index contributed by atoms with van der Waals surface area (Å²) >= 11 is 0. The molecule has 79 heavy (non-hydrogen) atoms. The van der Waals surface area contributed by atoms with Gasteiger partial charge in [-0.2, -0.15) is 52.7 Å². The molecule has 5 aromatic carbocycles. The van der Waals surface area contributed by atoms with Gasteiger partial charge in [-0.05, 0) is 108 Å². The molecule has 0 saturated carbocycles. The van der Waals surface area contributed by atoms with E-state index in [0.717, 1.165) is 6.07 Å². The lowest BCUT2D eigenvalue weighted by atomic mass is 9.71. The minimum Gasteiger partial charge on any atom is -0.505 e. The Balaban J connectivity index is 0.985. The average molecular weight is 1130 g/mol. The van der Waals surface area contributed by atoms with Gasteiger partial charge >= 0.3 is 30.7 Å². The molecule has 0 aromatic heterocycles. The minimum atomic E-state index is -6.40. The lowest BCUT2D eigenvalue weighted by Crippen LogP contribution is -2.55. The molecule has 0 radical (unpaired) electrons. The third kappa shape index (κ3) is 7.97. The zero-order valence-electron chi connectivity index (χ0n) is 39.9. The van der Waals surface area contributed by atoms with Crippen LogP contribution in [0.15, 0.2) is 84.9 Å². The number of nitrogens with one attached hydrogen (secondary N) is 1. The number of anilines is 1. The second-order valence-electron chi connectivity index (χ2n) is 19.0. The number of aryl methyl sites for hydroxylation is 1. The first-order valence-electron chi connectivity index (χ1n) is 22.5. The highest BCUT2D eigenvalue weighted by molar-refractivity contribution is 6.72. The second-order valence-corrected chi connectivity index (χ2v) is 23.1. The Hall–Kier alpha value is -8.73. The van der Waals surface area contributed by atoms with Crippen molar-refractivity contribution in [1.29, 1.82) is 0 Å². The number of nitrogens with zero attached hydrogens (tertiary/aromatic N) is 3. The molecule has 8 amide bonds. The number of amides is 8. The van der Waals surface area contributed by atoms with Gasteiger partial charge in [0.25, 0.3) is 47.3 Å². The van der Waals surface area contributed by atoms with Crippen molar-refractivity contribution >= 4 is 67.2 Å². The van der Waals surface area contributed by atoms with Crippen LogP contribution in [-0.4, -0.2) is 119 Å². The van der Waals surface area contributed by atoms with Gasteiger partial charge in [0, 0.05) is 6.17 Å². The van der Waals surface area contributed by atoms with Crippen molar-refractivity contribution in [2.75, 3.05) is 17.8 Å². The summed E-state index contributed by atoms with van der Waals surface area (Å²) in [6.07, 6.45) is -26.1. The summed E-state index contributed by atoms with van der Waals surface area (Å²) in [5.74, 6) is -13.3. The van der Waals surface area contributed by atoms with Crippen LogP contribution in [0, 0.1) is 6.92 Å². The predicted octanol–water partition coefficient (Wildman–Crippen LogP) is 8.52. The maximum atomic E-state index is 15.5. The number of phenols is 1. The molecule has 16 nitrogen and oxygen atoms in total. The smallest absolute Gasteiger partial charge is 0.411 e. The number of carboxylic acids is 1. The fraction of sp³-hybridized carbons (Fsp3) is 0.220. The Bertz CT molecular complexity index is 3640. The third-order valence-corrected chi connectivity index (χ3v) is 15.9. The number of rotatable bonds is 11. The highest BCUT2D eigenvalue weighted by Crippen LogP contribution is 2.59. The number of fused-ring (bicyclic) bond motifs is 4. The number of hydrogen-bond acceptors (Lipinski definition) is 11. The SMILES string of the molecule is Cc1cc(C(=O)O)cc(N2C(=O)c3ccc(C(c4ccc5c(c4)C(=O)N(CO[Si](C)(C)CN4C(=O)c6ccc(C(c7ccc8c(c7)C(=O)NC8=O)(C(F)(F)F)C(F)(F)F)cc6C4=O)C5=O)(C(F)(F)F)C(F)(F)F)cc3C2=O)c1O. The summed E-state index contributed by atoms with van der Waals surface area (Å²) in [5.41, 5.74) is -24.8. The number of halogens is 12. The second kappa shape index (κ2) is 17.6. The van der Waals surface area contributed by atoms with E-state index in [0.29, 0.717) is 41.3 Å². The summed E-state index contributed by atoms with van der Waals surface area (Å²) < 4.78 is 189. The van der Waals surface area contributed by atoms with E-state index < -0.39 is 194 Å². The average Bonchev–Trinajstić information content (AvgIpc) is 4.02. The van der Waals surface area contributed by atoms with Crippen molar-refractivity contribution < 1.29 is 110 Å². The monoisotopic (exact) mass is 1130 g/mol. The van der Waals surface area contributed by atoms with E-state index in [1.54, 1.807) is 5.32 Å². The molecule has 29 heteroatoms. The van der Waals surface area contributed by atoms with Crippen LogP contribution >= 0.6 is 0 Å². The molecule has 0 bridgehead atoms. The lowest BCUT2D eigenvalue weighted by molar-refractivity contribution is -0.290. The van der Waals surface area contributed by atoms with Crippen molar-refractivity contribution in [2.24, 2.45) is 0 Å². The van der Waals surface area contributed by atoms with E-state index >= 15 is 52.7 Å². The van der Waals surface area contributed by atoms with E-state index in [1.165, 1.54) is 20.0 Å². The summed E-state index contributed by atoms with van der Waals surface area (Å²) in [6.45, 7) is 2.52. The Kier molecular flexibility index (Phi) is 12.3. The molecule has 410 valence electrons. The fourth-order valence-electron chi connectivity index (χ4n) is 10.1. The van der Waals surface area contributed by atoms with Crippen LogP contribution in [0.3, 0.4) is 0 Å². The van der Waals surface area contributed by atoms with E-state index in [4.69, 9.17) is 4.43 Å². The number of carbonyl (C=O) groups is 9. The lowest BCUT2D eigenvalue weighted by Gasteiger charge is -2.38. The molecule has 0 atom stereocenters. The van der Waals surface area contributed by atoms with Crippen LogP contribution < -0.4 is 10.2 Å². The zero-order chi connectivity index (χ0) is 58.4. The van der Waals surface area contributed by atoms with E-state index in [-0.39, 0.29) is 57.8 Å². The third-order valence-electron chi connectivity index (χ3n) is 13.9. The van der Waals surface area contributed by atoms with Gasteiger partial charge in [0.05, 0.1) is 55.8 Å². The normalized spacial score (nSPS) is 16.1. The molecule has 3 N–H and O–H groups in total. The maximum absolute atomic E-state index is 15.5. The van der Waals surface area contributed by atoms with Crippen LogP contribution in [0.5, 0.6) is 5.75 Å². The topological polar surface area (TPSA) is 225 Å². The molecule has 0 aliphatic carbocycles. The van der Waals surface area contributed by atoms with Crippen molar-refractivity contribution in [1.82, 2.24) is 15.1 Å². The molecule has 4 aliphatic rings. The Labute approximate surface area is 433 Å².